The molecule has 1 aliphatic heterocycles. The summed E-state index contributed by atoms with van der Waals surface area (Å²) in [6, 6.07) is 11.3. The molecule has 0 bridgehead atoms. The molecular formula is C29H32N2O6. The van der Waals surface area contributed by atoms with Gasteiger partial charge in [0.1, 0.15) is 5.76 Å². The van der Waals surface area contributed by atoms with E-state index in [4.69, 9.17) is 13.9 Å². The number of aryl methyl sites for hydroxylation is 1. The number of carbonyl (C=O) groups is 2. The van der Waals surface area contributed by atoms with Gasteiger partial charge >= 0.3 is 0 Å². The van der Waals surface area contributed by atoms with Gasteiger partial charge in [-0.1, -0.05) is 31.9 Å². The number of hydrogen-bond donors (Lipinski definition) is 1. The van der Waals surface area contributed by atoms with Gasteiger partial charge in [-0.2, -0.15) is 0 Å². The van der Waals surface area contributed by atoms with E-state index in [1.807, 2.05) is 13.0 Å². The zero-order chi connectivity index (χ0) is 26.4. The van der Waals surface area contributed by atoms with Crippen molar-refractivity contribution in [2.75, 3.05) is 13.2 Å². The number of unbranched alkanes of at least 4 members (excludes halogenated alkanes) is 2. The standard InChI is InChI=1S/C29H32N2O6/c1-4-6-7-15-36-22-13-11-21(16-24(22)35-5-2)26-25(27(32)23-12-10-19(3)37-23)28(33)29(34)31(26)18-20-9-8-14-30-17-20/h8-14,16-17,26,33H,4-7,15,18H2,1-3H3. The third-order valence-corrected chi connectivity index (χ3v) is 6.18. The lowest BCUT2D eigenvalue weighted by atomic mass is 9.94. The second kappa shape index (κ2) is 11.8. The van der Waals surface area contributed by atoms with Crippen LogP contribution in [0.25, 0.3) is 0 Å². The molecule has 8 heteroatoms. The van der Waals surface area contributed by atoms with Gasteiger partial charge < -0.3 is 23.9 Å². The van der Waals surface area contributed by atoms with E-state index < -0.39 is 23.5 Å². The highest BCUT2D eigenvalue weighted by Crippen LogP contribution is 2.42. The predicted octanol–water partition coefficient (Wildman–Crippen LogP) is 5.73. The number of carbonyl (C=O) groups excluding carboxylic acids is 2. The summed E-state index contributed by atoms with van der Waals surface area (Å²) in [7, 11) is 0. The van der Waals surface area contributed by atoms with Crippen LogP contribution in [-0.4, -0.2) is 39.9 Å². The van der Waals surface area contributed by atoms with Crippen LogP contribution < -0.4 is 9.47 Å². The first-order valence-electron chi connectivity index (χ1n) is 12.6. The summed E-state index contributed by atoms with van der Waals surface area (Å²) in [4.78, 5) is 32.4. The van der Waals surface area contributed by atoms with Gasteiger partial charge in [-0.05, 0) is 61.7 Å². The first-order valence-corrected chi connectivity index (χ1v) is 12.6. The van der Waals surface area contributed by atoms with E-state index >= 15 is 0 Å². The highest BCUT2D eigenvalue weighted by atomic mass is 16.5. The maximum absolute atomic E-state index is 13.5. The molecule has 0 aliphatic carbocycles. The van der Waals surface area contributed by atoms with Crippen molar-refractivity contribution in [1.82, 2.24) is 9.88 Å². The van der Waals surface area contributed by atoms with Crippen LogP contribution in [-0.2, 0) is 11.3 Å². The Morgan fingerprint density at radius 2 is 1.95 bits per heavy atom. The van der Waals surface area contributed by atoms with E-state index in [-0.39, 0.29) is 17.9 Å². The molecule has 1 atom stereocenters. The minimum Gasteiger partial charge on any atom is -0.503 e. The summed E-state index contributed by atoms with van der Waals surface area (Å²) in [6.07, 6.45) is 6.38. The van der Waals surface area contributed by atoms with Crippen molar-refractivity contribution in [3.05, 3.63) is 88.8 Å². The smallest absolute Gasteiger partial charge is 0.290 e. The molecule has 3 heterocycles. The van der Waals surface area contributed by atoms with E-state index in [0.29, 0.717) is 36.0 Å². The molecule has 1 aliphatic rings. The van der Waals surface area contributed by atoms with Crippen molar-refractivity contribution in [2.24, 2.45) is 0 Å². The number of aliphatic hydroxyl groups is 1. The Bertz CT molecular complexity index is 1280. The summed E-state index contributed by atoms with van der Waals surface area (Å²) in [6.45, 7) is 6.85. The summed E-state index contributed by atoms with van der Waals surface area (Å²) in [5.41, 5.74) is 1.33. The van der Waals surface area contributed by atoms with Crippen LogP contribution in [0.4, 0.5) is 0 Å². The van der Waals surface area contributed by atoms with Crippen molar-refractivity contribution in [3.8, 4) is 11.5 Å². The zero-order valence-corrected chi connectivity index (χ0v) is 21.4. The number of amides is 1. The maximum Gasteiger partial charge on any atom is 0.290 e. The van der Waals surface area contributed by atoms with Crippen molar-refractivity contribution in [2.45, 2.75) is 52.6 Å². The Labute approximate surface area is 216 Å². The van der Waals surface area contributed by atoms with Gasteiger partial charge in [-0.25, -0.2) is 0 Å². The number of aliphatic hydroxyl groups excluding tert-OH is 1. The van der Waals surface area contributed by atoms with Gasteiger partial charge in [0.25, 0.3) is 5.91 Å². The summed E-state index contributed by atoms with van der Waals surface area (Å²) in [5, 5.41) is 10.9. The minimum absolute atomic E-state index is 0.0395. The number of aromatic nitrogens is 1. The summed E-state index contributed by atoms with van der Waals surface area (Å²) < 4.78 is 17.4. The molecule has 4 rings (SSSR count). The molecule has 1 aromatic carbocycles. The summed E-state index contributed by atoms with van der Waals surface area (Å²) in [5.74, 6) is -0.0646. The molecular weight excluding hydrogens is 472 g/mol. The number of ketones is 1. The Morgan fingerprint density at radius 3 is 2.62 bits per heavy atom. The SMILES string of the molecule is CCCCCOc1ccc(C2C(C(=O)c3ccc(C)o3)=C(O)C(=O)N2Cc2cccnc2)cc1OCC. The Morgan fingerprint density at radius 1 is 1.11 bits per heavy atom. The second-order valence-electron chi connectivity index (χ2n) is 8.89. The highest BCUT2D eigenvalue weighted by Gasteiger charge is 2.44. The van der Waals surface area contributed by atoms with Crippen LogP contribution in [0.2, 0.25) is 0 Å². The minimum atomic E-state index is -0.862. The molecule has 0 spiro atoms. The van der Waals surface area contributed by atoms with Gasteiger partial charge in [0, 0.05) is 18.9 Å². The van der Waals surface area contributed by atoms with Crippen LogP contribution in [0.5, 0.6) is 11.5 Å². The number of Topliss-reactive ketones (excluding diaryl/α,β-unsaturated/α-hetero) is 1. The maximum atomic E-state index is 13.5. The third-order valence-electron chi connectivity index (χ3n) is 6.18. The first kappa shape index (κ1) is 26.0. The summed E-state index contributed by atoms with van der Waals surface area (Å²) >= 11 is 0. The molecule has 2 aromatic heterocycles. The van der Waals surface area contributed by atoms with E-state index in [9.17, 15) is 14.7 Å². The van der Waals surface area contributed by atoms with Crippen LogP contribution in [0.15, 0.2) is 70.6 Å². The average Bonchev–Trinajstić information content (AvgIpc) is 3.44. The van der Waals surface area contributed by atoms with Crippen molar-refractivity contribution in [3.63, 3.8) is 0 Å². The third kappa shape index (κ3) is 5.69. The van der Waals surface area contributed by atoms with Gasteiger partial charge in [0.15, 0.2) is 23.0 Å². The lowest BCUT2D eigenvalue weighted by Gasteiger charge is -2.27. The number of pyridine rings is 1. The van der Waals surface area contributed by atoms with E-state index in [0.717, 1.165) is 24.8 Å². The molecule has 1 unspecified atom stereocenters. The molecule has 1 N–H and O–H groups in total. The van der Waals surface area contributed by atoms with E-state index in [1.54, 1.807) is 55.7 Å². The number of ether oxygens (including phenoxy) is 2. The molecule has 194 valence electrons. The predicted molar refractivity (Wildman–Crippen MR) is 138 cm³/mol. The Kier molecular flexibility index (Phi) is 8.28. The van der Waals surface area contributed by atoms with Gasteiger partial charge in [-0.15, -0.1) is 0 Å². The van der Waals surface area contributed by atoms with Crippen molar-refractivity contribution in [1.29, 1.82) is 0 Å². The van der Waals surface area contributed by atoms with Gasteiger partial charge in [0.2, 0.25) is 5.78 Å². The number of furan rings is 1. The average molecular weight is 505 g/mol. The molecule has 1 amide bonds. The molecule has 3 aromatic rings. The molecule has 0 fully saturated rings. The normalized spacial score (nSPS) is 15.4. The number of benzene rings is 1. The number of nitrogens with zero attached hydrogens (tertiary/aromatic N) is 2. The highest BCUT2D eigenvalue weighted by molar-refractivity contribution is 6.15. The quantitative estimate of drug-likeness (QED) is 0.248. The van der Waals surface area contributed by atoms with Crippen LogP contribution >= 0.6 is 0 Å². The number of rotatable bonds is 12. The number of hydrogen-bond acceptors (Lipinski definition) is 7. The second-order valence-corrected chi connectivity index (χ2v) is 8.89. The van der Waals surface area contributed by atoms with Crippen LogP contribution in [0, 0.1) is 6.92 Å². The Balaban J connectivity index is 1.75. The molecule has 0 saturated carbocycles. The van der Waals surface area contributed by atoms with Gasteiger partial charge in [0.05, 0.1) is 24.8 Å². The van der Waals surface area contributed by atoms with Crippen molar-refractivity contribution >= 4 is 11.7 Å². The van der Waals surface area contributed by atoms with Crippen LogP contribution in [0.1, 0.15) is 66.6 Å². The van der Waals surface area contributed by atoms with Gasteiger partial charge in [-0.3, -0.25) is 14.6 Å². The fourth-order valence-electron chi connectivity index (χ4n) is 4.39. The fraction of sp³-hybridized carbons (Fsp3) is 0.345. The molecule has 0 radical (unpaired) electrons. The molecule has 8 nitrogen and oxygen atoms in total. The van der Waals surface area contributed by atoms with Crippen molar-refractivity contribution < 1.29 is 28.6 Å². The van der Waals surface area contributed by atoms with Crippen LogP contribution in [0.3, 0.4) is 0 Å². The van der Waals surface area contributed by atoms with E-state index in [2.05, 4.69) is 11.9 Å². The fourth-order valence-corrected chi connectivity index (χ4v) is 4.39. The largest absolute Gasteiger partial charge is 0.503 e. The van der Waals surface area contributed by atoms with E-state index in [1.165, 1.54) is 4.90 Å². The lowest BCUT2D eigenvalue weighted by Crippen LogP contribution is -2.30. The molecule has 37 heavy (non-hydrogen) atoms. The topological polar surface area (TPSA) is 102 Å². The monoisotopic (exact) mass is 504 g/mol. The molecule has 0 saturated heterocycles. The lowest BCUT2D eigenvalue weighted by molar-refractivity contribution is -0.130. The first-order chi connectivity index (χ1) is 17.9. The Hall–Kier alpha value is -4.07. The zero-order valence-electron chi connectivity index (χ0n) is 21.4.